The molecule has 0 radical (unpaired) electrons. The fraction of sp³-hybridized carbons (Fsp3) is 0.300. The van der Waals surface area contributed by atoms with E-state index in [0.29, 0.717) is 11.6 Å². The maximum Gasteiger partial charge on any atom is 0.326 e. The minimum atomic E-state index is -0.0581. The number of aromatic amines is 1. The molecule has 5 heteroatoms. The molecule has 0 amide bonds. The van der Waals surface area contributed by atoms with Gasteiger partial charge in [0, 0.05) is 24.7 Å². The van der Waals surface area contributed by atoms with Crippen LogP contribution in [0.5, 0.6) is 0 Å². The molecular formula is C10H10ClN3O. The van der Waals surface area contributed by atoms with Crippen molar-refractivity contribution in [1.29, 1.82) is 0 Å². The van der Waals surface area contributed by atoms with E-state index >= 15 is 0 Å². The van der Waals surface area contributed by atoms with Crippen molar-refractivity contribution in [1.82, 2.24) is 14.9 Å². The summed E-state index contributed by atoms with van der Waals surface area (Å²) >= 11 is 5.98. The molecule has 2 N–H and O–H groups in total. The topological polar surface area (TPSA) is 49.8 Å². The van der Waals surface area contributed by atoms with Crippen molar-refractivity contribution in [3.8, 4) is 0 Å². The van der Waals surface area contributed by atoms with Gasteiger partial charge in [0.2, 0.25) is 0 Å². The Labute approximate surface area is 90.9 Å². The normalized spacial score (nSPS) is 15.5. The van der Waals surface area contributed by atoms with Crippen LogP contribution >= 0.6 is 11.6 Å². The number of imidazole rings is 1. The first-order chi connectivity index (χ1) is 7.25. The van der Waals surface area contributed by atoms with Crippen LogP contribution < -0.4 is 11.0 Å². The van der Waals surface area contributed by atoms with Gasteiger partial charge in [-0.15, -0.1) is 0 Å². The molecule has 1 aliphatic heterocycles. The van der Waals surface area contributed by atoms with Gasteiger partial charge in [0.05, 0.1) is 11.0 Å². The lowest BCUT2D eigenvalue weighted by Gasteiger charge is -2.02. The third kappa shape index (κ3) is 1.29. The molecule has 4 nitrogen and oxygen atoms in total. The van der Waals surface area contributed by atoms with Gasteiger partial charge in [-0.2, -0.15) is 0 Å². The van der Waals surface area contributed by atoms with Crippen molar-refractivity contribution in [2.45, 2.75) is 13.1 Å². The monoisotopic (exact) mass is 223 g/mol. The third-order valence-electron chi connectivity index (χ3n) is 2.74. The summed E-state index contributed by atoms with van der Waals surface area (Å²) in [7, 11) is 0. The predicted molar refractivity (Wildman–Crippen MR) is 59.3 cm³/mol. The summed E-state index contributed by atoms with van der Waals surface area (Å²) in [6.07, 6.45) is 0. The molecular weight excluding hydrogens is 214 g/mol. The van der Waals surface area contributed by atoms with E-state index in [1.54, 1.807) is 10.6 Å². The van der Waals surface area contributed by atoms with Crippen LogP contribution in [0, 0.1) is 0 Å². The van der Waals surface area contributed by atoms with E-state index in [-0.39, 0.29) is 5.69 Å². The van der Waals surface area contributed by atoms with Crippen LogP contribution in [0.25, 0.3) is 11.0 Å². The molecule has 0 spiro atoms. The number of aromatic nitrogens is 2. The largest absolute Gasteiger partial charge is 0.326 e. The van der Waals surface area contributed by atoms with Crippen LogP contribution in [0.4, 0.5) is 0 Å². The molecule has 0 saturated heterocycles. The number of nitrogens with zero attached hydrogens (tertiary/aromatic N) is 1. The Morgan fingerprint density at radius 1 is 1.40 bits per heavy atom. The molecule has 0 aliphatic carbocycles. The summed E-state index contributed by atoms with van der Waals surface area (Å²) in [6.45, 7) is 2.26. The summed E-state index contributed by atoms with van der Waals surface area (Å²) in [5.74, 6) is 0. The molecule has 1 aromatic carbocycles. The van der Waals surface area contributed by atoms with Gasteiger partial charge in [-0.05, 0) is 17.7 Å². The van der Waals surface area contributed by atoms with Crippen molar-refractivity contribution in [2.75, 3.05) is 6.54 Å². The van der Waals surface area contributed by atoms with E-state index in [2.05, 4.69) is 10.3 Å². The summed E-state index contributed by atoms with van der Waals surface area (Å²) in [5.41, 5.74) is 2.83. The lowest BCUT2D eigenvalue weighted by atomic mass is 10.2. The van der Waals surface area contributed by atoms with Crippen LogP contribution in [0.2, 0.25) is 5.02 Å². The van der Waals surface area contributed by atoms with Crippen LogP contribution in [-0.2, 0) is 13.1 Å². The minimum absolute atomic E-state index is 0.0581. The van der Waals surface area contributed by atoms with E-state index in [0.717, 1.165) is 29.7 Å². The second-order valence-electron chi connectivity index (χ2n) is 3.72. The van der Waals surface area contributed by atoms with E-state index in [1.165, 1.54) is 0 Å². The molecule has 1 aromatic heterocycles. The van der Waals surface area contributed by atoms with Crippen LogP contribution in [-0.4, -0.2) is 16.1 Å². The molecule has 2 heterocycles. The lowest BCUT2D eigenvalue weighted by Crippen LogP contribution is -2.22. The fourth-order valence-electron chi connectivity index (χ4n) is 2.12. The summed E-state index contributed by atoms with van der Waals surface area (Å²) in [6, 6.07) is 3.70. The van der Waals surface area contributed by atoms with E-state index < -0.39 is 0 Å². The van der Waals surface area contributed by atoms with Crippen molar-refractivity contribution in [3.63, 3.8) is 0 Å². The molecule has 2 aromatic rings. The minimum Gasteiger partial charge on any atom is -0.311 e. The van der Waals surface area contributed by atoms with Gasteiger partial charge in [-0.25, -0.2) is 4.79 Å². The zero-order valence-corrected chi connectivity index (χ0v) is 8.77. The van der Waals surface area contributed by atoms with Crippen molar-refractivity contribution in [2.24, 2.45) is 0 Å². The second kappa shape index (κ2) is 3.12. The first kappa shape index (κ1) is 9.00. The Hall–Kier alpha value is -1.26. The SMILES string of the molecule is O=c1[nH]c2cc(Cl)cc3c2n1CCNC3. The van der Waals surface area contributed by atoms with Crippen LogP contribution in [0.15, 0.2) is 16.9 Å². The third-order valence-corrected chi connectivity index (χ3v) is 2.96. The Balaban J connectivity index is 2.47. The number of rotatable bonds is 0. The molecule has 78 valence electrons. The molecule has 0 bridgehead atoms. The van der Waals surface area contributed by atoms with Crippen molar-refractivity contribution < 1.29 is 0 Å². The molecule has 0 atom stereocenters. The zero-order valence-electron chi connectivity index (χ0n) is 8.01. The summed E-state index contributed by atoms with van der Waals surface area (Å²) in [4.78, 5) is 14.5. The average molecular weight is 224 g/mol. The Morgan fingerprint density at radius 2 is 2.27 bits per heavy atom. The number of halogens is 1. The molecule has 0 saturated carbocycles. The van der Waals surface area contributed by atoms with Crippen LogP contribution in [0.3, 0.4) is 0 Å². The molecule has 0 unspecified atom stereocenters. The highest BCUT2D eigenvalue weighted by atomic mass is 35.5. The quantitative estimate of drug-likeness (QED) is 0.703. The number of hydrogen-bond acceptors (Lipinski definition) is 2. The molecule has 0 fully saturated rings. The summed E-state index contributed by atoms with van der Waals surface area (Å²) in [5, 5.41) is 3.92. The molecule has 3 rings (SSSR count). The molecule has 1 aliphatic rings. The van der Waals surface area contributed by atoms with Gasteiger partial charge < -0.3 is 10.3 Å². The Morgan fingerprint density at radius 3 is 3.13 bits per heavy atom. The van der Waals surface area contributed by atoms with Gasteiger partial charge in [-0.1, -0.05) is 11.6 Å². The smallest absolute Gasteiger partial charge is 0.311 e. The van der Waals surface area contributed by atoms with Gasteiger partial charge in [0.15, 0.2) is 0 Å². The maximum atomic E-state index is 11.7. The van der Waals surface area contributed by atoms with Gasteiger partial charge >= 0.3 is 5.69 Å². The molecule has 15 heavy (non-hydrogen) atoms. The van der Waals surface area contributed by atoms with E-state index in [9.17, 15) is 4.79 Å². The number of nitrogens with one attached hydrogen (secondary N) is 2. The zero-order chi connectivity index (χ0) is 10.4. The highest BCUT2D eigenvalue weighted by molar-refractivity contribution is 6.31. The second-order valence-corrected chi connectivity index (χ2v) is 4.16. The number of benzene rings is 1. The maximum absolute atomic E-state index is 11.7. The Bertz CT molecular complexity index is 584. The van der Waals surface area contributed by atoms with Crippen LogP contribution in [0.1, 0.15) is 5.56 Å². The fourth-order valence-corrected chi connectivity index (χ4v) is 2.36. The average Bonchev–Trinajstić information content (AvgIpc) is 2.39. The standard InChI is InChI=1S/C10H10ClN3O/c11-7-3-6-5-12-1-2-14-9(6)8(4-7)13-10(14)15/h3-4,12H,1-2,5H2,(H,13,15). The number of H-pyrrole nitrogens is 1. The highest BCUT2D eigenvalue weighted by Crippen LogP contribution is 2.22. The first-order valence-electron chi connectivity index (χ1n) is 4.87. The predicted octanol–water partition coefficient (Wildman–Crippen LogP) is 1.09. The van der Waals surface area contributed by atoms with Gasteiger partial charge in [0.25, 0.3) is 0 Å². The van der Waals surface area contributed by atoms with Crippen molar-refractivity contribution >= 4 is 22.6 Å². The highest BCUT2D eigenvalue weighted by Gasteiger charge is 2.14. The van der Waals surface area contributed by atoms with Gasteiger partial charge in [0.1, 0.15) is 0 Å². The number of hydrogen-bond donors (Lipinski definition) is 2. The van der Waals surface area contributed by atoms with E-state index in [4.69, 9.17) is 11.6 Å². The van der Waals surface area contributed by atoms with E-state index in [1.807, 2.05) is 6.07 Å². The lowest BCUT2D eigenvalue weighted by molar-refractivity contribution is 0.618. The summed E-state index contributed by atoms with van der Waals surface area (Å²) < 4.78 is 1.76. The first-order valence-corrected chi connectivity index (χ1v) is 5.25. The van der Waals surface area contributed by atoms with Gasteiger partial charge in [-0.3, -0.25) is 4.57 Å². The van der Waals surface area contributed by atoms with Crippen molar-refractivity contribution in [3.05, 3.63) is 33.2 Å². The Kier molecular flexibility index (Phi) is 1.87.